The van der Waals surface area contributed by atoms with Crippen LogP contribution in [0.4, 0.5) is 0 Å². The minimum Gasteiger partial charge on any atom is -0.369 e. The van der Waals surface area contributed by atoms with Gasteiger partial charge in [0.2, 0.25) is 0 Å². The Labute approximate surface area is 106 Å². The third-order valence-electron chi connectivity index (χ3n) is 3.04. The summed E-state index contributed by atoms with van der Waals surface area (Å²) in [6.45, 7) is 5.90. The second-order valence-corrected chi connectivity index (χ2v) is 4.61. The summed E-state index contributed by atoms with van der Waals surface area (Å²) >= 11 is 0. The molecule has 2 unspecified atom stereocenters. The molecular formula is C16H26O. The Morgan fingerprint density at radius 2 is 1.88 bits per heavy atom. The summed E-state index contributed by atoms with van der Waals surface area (Å²) in [5.74, 6) is 0. The Hall–Kier alpha value is -0.820. The molecule has 2 atom stereocenters. The zero-order chi connectivity index (χ0) is 12.3. The Bertz CT molecular complexity index is 252. The highest BCUT2D eigenvalue weighted by atomic mass is 16.6. The van der Waals surface area contributed by atoms with Crippen LogP contribution in [0.5, 0.6) is 0 Å². The van der Waals surface area contributed by atoms with E-state index in [2.05, 4.69) is 37.8 Å². The van der Waals surface area contributed by atoms with E-state index >= 15 is 0 Å². The second-order valence-electron chi connectivity index (χ2n) is 4.61. The van der Waals surface area contributed by atoms with Crippen molar-refractivity contribution in [3.63, 3.8) is 0 Å². The third-order valence-corrected chi connectivity index (χ3v) is 3.04. The molecule has 1 aliphatic heterocycles. The van der Waals surface area contributed by atoms with Gasteiger partial charge < -0.3 is 4.74 Å². The zero-order valence-corrected chi connectivity index (χ0v) is 11.1. The van der Waals surface area contributed by atoms with Crippen molar-refractivity contribution in [3.05, 3.63) is 37.0 Å². The van der Waals surface area contributed by atoms with E-state index < -0.39 is 0 Å². The first kappa shape index (κ1) is 14.2. The average molecular weight is 234 g/mol. The van der Waals surface area contributed by atoms with Crippen molar-refractivity contribution in [1.82, 2.24) is 0 Å². The Kier molecular flexibility index (Phi) is 7.74. The predicted octanol–water partition coefficient (Wildman–Crippen LogP) is 4.80. The van der Waals surface area contributed by atoms with Crippen molar-refractivity contribution in [2.45, 2.75) is 64.1 Å². The molecule has 17 heavy (non-hydrogen) atoms. The second kappa shape index (κ2) is 9.23. The summed E-state index contributed by atoms with van der Waals surface area (Å²) in [6.07, 6.45) is 20.1. The van der Waals surface area contributed by atoms with Gasteiger partial charge >= 0.3 is 0 Å². The fraction of sp³-hybridized carbons (Fsp3) is 0.625. The third kappa shape index (κ3) is 7.17. The van der Waals surface area contributed by atoms with Gasteiger partial charge in [0.15, 0.2) is 0 Å². The lowest BCUT2D eigenvalue weighted by Crippen LogP contribution is -1.92. The summed E-state index contributed by atoms with van der Waals surface area (Å²) in [5.41, 5.74) is 0. The van der Waals surface area contributed by atoms with Gasteiger partial charge in [0.25, 0.3) is 0 Å². The lowest BCUT2D eigenvalue weighted by atomic mass is 10.1. The van der Waals surface area contributed by atoms with Gasteiger partial charge in [0.05, 0.1) is 12.2 Å². The van der Waals surface area contributed by atoms with Gasteiger partial charge in [-0.25, -0.2) is 0 Å². The van der Waals surface area contributed by atoms with Gasteiger partial charge in [0, 0.05) is 0 Å². The molecule has 96 valence electrons. The van der Waals surface area contributed by atoms with Crippen molar-refractivity contribution in [3.8, 4) is 0 Å². The van der Waals surface area contributed by atoms with Gasteiger partial charge in [-0.2, -0.15) is 0 Å². The molecule has 1 heteroatoms. The van der Waals surface area contributed by atoms with E-state index in [1.54, 1.807) is 0 Å². The monoisotopic (exact) mass is 234 g/mol. The molecule has 0 bridgehead atoms. The Morgan fingerprint density at radius 1 is 1.06 bits per heavy atom. The van der Waals surface area contributed by atoms with Crippen LogP contribution in [0.3, 0.4) is 0 Å². The zero-order valence-electron chi connectivity index (χ0n) is 11.1. The van der Waals surface area contributed by atoms with Gasteiger partial charge in [0.1, 0.15) is 0 Å². The van der Waals surface area contributed by atoms with Crippen molar-refractivity contribution in [1.29, 1.82) is 0 Å². The number of allylic oxidation sites excluding steroid dienone is 4. The predicted molar refractivity (Wildman–Crippen MR) is 75.1 cm³/mol. The number of hydrogen-bond donors (Lipinski definition) is 0. The van der Waals surface area contributed by atoms with Crippen LogP contribution < -0.4 is 0 Å². The van der Waals surface area contributed by atoms with Crippen molar-refractivity contribution < 1.29 is 4.74 Å². The van der Waals surface area contributed by atoms with Crippen LogP contribution in [0.15, 0.2) is 37.0 Å². The Morgan fingerprint density at radius 3 is 2.65 bits per heavy atom. The van der Waals surface area contributed by atoms with Gasteiger partial charge in [-0.05, 0) is 38.5 Å². The normalized spacial score (nSPS) is 23.6. The SMILES string of the molecule is C=CCCCCC1OC1CC=CCC=CCC. The van der Waals surface area contributed by atoms with Crippen LogP contribution >= 0.6 is 0 Å². The van der Waals surface area contributed by atoms with Crippen LogP contribution in [0.1, 0.15) is 51.9 Å². The van der Waals surface area contributed by atoms with Crippen molar-refractivity contribution in [2.75, 3.05) is 0 Å². The fourth-order valence-electron chi connectivity index (χ4n) is 1.94. The molecule has 1 fully saturated rings. The molecule has 1 aliphatic rings. The van der Waals surface area contributed by atoms with E-state index in [0.29, 0.717) is 12.2 Å². The smallest absolute Gasteiger partial charge is 0.0876 e. The molecule has 0 aliphatic carbocycles. The molecule has 0 saturated carbocycles. The number of epoxide rings is 1. The lowest BCUT2D eigenvalue weighted by Gasteiger charge is -1.93. The fourth-order valence-corrected chi connectivity index (χ4v) is 1.94. The summed E-state index contributed by atoms with van der Waals surface area (Å²) < 4.78 is 5.63. The van der Waals surface area contributed by atoms with Crippen LogP contribution in [0.2, 0.25) is 0 Å². The molecule has 1 saturated heterocycles. The number of rotatable bonds is 10. The first-order chi connectivity index (χ1) is 8.38. The highest BCUT2D eigenvalue weighted by Crippen LogP contribution is 2.30. The first-order valence-electron chi connectivity index (χ1n) is 6.94. The quantitative estimate of drug-likeness (QED) is 0.300. The van der Waals surface area contributed by atoms with Gasteiger partial charge in [-0.15, -0.1) is 6.58 Å². The van der Waals surface area contributed by atoms with Crippen LogP contribution in [-0.2, 0) is 4.74 Å². The lowest BCUT2D eigenvalue weighted by molar-refractivity contribution is 0.359. The maximum atomic E-state index is 5.63. The van der Waals surface area contributed by atoms with E-state index in [1.165, 1.54) is 19.3 Å². The van der Waals surface area contributed by atoms with Crippen molar-refractivity contribution >= 4 is 0 Å². The summed E-state index contributed by atoms with van der Waals surface area (Å²) in [4.78, 5) is 0. The first-order valence-corrected chi connectivity index (χ1v) is 6.94. The standard InChI is InChI=1S/C16H26O/c1-3-5-7-9-10-12-14-16-15(17-16)13-11-8-6-4-2/h4-5,7,10,12,15-16H,2-3,6,8-9,11,13-14H2,1H3. The number of ether oxygens (including phenoxy) is 1. The van der Waals surface area contributed by atoms with Crippen LogP contribution in [-0.4, -0.2) is 12.2 Å². The molecule has 1 heterocycles. The largest absolute Gasteiger partial charge is 0.369 e. The summed E-state index contributed by atoms with van der Waals surface area (Å²) in [5, 5.41) is 0. The molecular weight excluding hydrogens is 208 g/mol. The van der Waals surface area contributed by atoms with E-state index in [9.17, 15) is 0 Å². The van der Waals surface area contributed by atoms with Crippen LogP contribution in [0.25, 0.3) is 0 Å². The van der Waals surface area contributed by atoms with Gasteiger partial charge in [-0.3, -0.25) is 0 Å². The molecule has 0 amide bonds. The molecule has 1 rings (SSSR count). The summed E-state index contributed by atoms with van der Waals surface area (Å²) in [6, 6.07) is 0. The number of hydrogen-bond acceptors (Lipinski definition) is 1. The minimum absolute atomic E-state index is 0.505. The maximum Gasteiger partial charge on any atom is 0.0876 e. The average Bonchev–Trinajstić information content (AvgIpc) is 3.08. The molecule has 0 aromatic carbocycles. The van der Waals surface area contributed by atoms with E-state index in [0.717, 1.165) is 25.7 Å². The minimum atomic E-state index is 0.505. The molecule has 0 aromatic rings. The maximum absolute atomic E-state index is 5.63. The molecule has 0 aromatic heterocycles. The summed E-state index contributed by atoms with van der Waals surface area (Å²) in [7, 11) is 0. The highest BCUT2D eigenvalue weighted by Gasteiger charge is 2.36. The van der Waals surface area contributed by atoms with Gasteiger partial charge in [-0.1, -0.05) is 43.7 Å². The molecule has 0 N–H and O–H groups in total. The molecule has 0 radical (unpaired) electrons. The Balaban J connectivity index is 1.93. The molecule has 1 nitrogen and oxygen atoms in total. The molecule has 0 spiro atoms. The van der Waals surface area contributed by atoms with E-state index in [4.69, 9.17) is 4.74 Å². The number of unbranched alkanes of at least 4 members (excludes halogenated alkanes) is 2. The highest BCUT2D eigenvalue weighted by molar-refractivity contribution is 4.97. The van der Waals surface area contributed by atoms with Crippen molar-refractivity contribution in [2.24, 2.45) is 0 Å². The van der Waals surface area contributed by atoms with E-state index in [-0.39, 0.29) is 0 Å². The topological polar surface area (TPSA) is 12.5 Å². The van der Waals surface area contributed by atoms with Crippen LogP contribution in [0, 0.1) is 0 Å². The van der Waals surface area contributed by atoms with E-state index in [1.807, 2.05) is 6.08 Å².